The fourth-order valence-corrected chi connectivity index (χ4v) is 1.81. The first-order valence-electron chi connectivity index (χ1n) is 5.55. The number of rotatable bonds is 6. The molecule has 14 heavy (non-hydrogen) atoms. The Hall–Kier alpha value is -0.380. The lowest BCUT2D eigenvalue weighted by Gasteiger charge is -2.27. The van der Waals surface area contributed by atoms with Crippen LogP contribution in [0.25, 0.3) is 0 Å². The third-order valence-corrected chi connectivity index (χ3v) is 2.66. The summed E-state index contributed by atoms with van der Waals surface area (Å²) in [6, 6.07) is 0. The fourth-order valence-electron chi connectivity index (χ4n) is 1.81. The van der Waals surface area contributed by atoms with Crippen molar-refractivity contribution in [2.24, 2.45) is 0 Å². The monoisotopic (exact) mass is 197 g/mol. The van der Waals surface area contributed by atoms with Gasteiger partial charge in [-0.1, -0.05) is 6.08 Å². The van der Waals surface area contributed by atoms with E-state index in [-0.39, 0.29) is 0 Å². The number of piperazine rings is 1. The molecule has 0 radical (unpaired) electrons. The summed E-state index contributed by atoms with van der Waals surface area (Å²) in [6.45, 7) is 11.9. The van der Waals surface area contributed by atoms with Crippen LogP contribution in [0.5, 0.6) is 0 Å². The van der Waals surface area contributed by atoms with Crippen LogP contribution in [-0.2, 0) is 0 Å². The maximum Gasteiger partial charge on any atom is 0.0157 e. The fraction of sp³-hybridized carbons (Fsp3) is 0.818. The number of nitrogens with zero attached hydrogens (tertiary/aromatic N) is 2. The van der Waals surface area contributed by atoms with E-state index in [1.807, 2.05) is 6.08 Å². The van der Waals surface area contributed by atoms with Gasteiger partial charge in [-0.25, -0.2) is 0 Å². The third kappa shape index (κ3) is 4.74. The highest BCUT2D eigenvalue weighted by Crippen LogP contribution is 1.95. The molecule has 82 valence electrons. The molecule has 1 rings (SSSR count). The van der Waals surface area contributed by atoms with Gasteiger partial charge in [0.2, 0.25) is 0 Å². The second kappa shape index (κ2) is 6.98. The zero-order chi connectivity index (χ0) is 10.2. The summed E-state index contributed by atoms with van der Waals surface area (Å²) in [4.78, 5) is 4.85. The molecule has 1 heterocycles. The van der Waals surface area contributed by atoms with Crippen molar-refractivity contribution in [2.75, 3.05) is 52.9 Å². The molecule has 0 amide bonds. The summed E-state index contributed by atoms with van der Waals surface area (Å²) in [7, 11) is 2.15. The van der Waals surface area contributed by atoms with Crippen molar-refractivity contribution in [2.45, 2.75) is 6.42 Å². The highest BCUT2D eigenvalue weighted by atomic mass is 15.2. The number of hydrogen-bond donors (Lipinski definition) is 1. The second-order valence-corrected chi connectivity index (χ2v) is 4.00. The minimum Gasteiger partial charge on any atom is -0.314 e. The van der Waals surface area contributed by atoms with Crippen LogP contribution >= 0.6 is 0 Å². The van der Waals surface area contributed by atoms with Gasteiger partial charge in [-0.05, 0) is 26.6 Å². The van der Waals surface area contributed by atoms with Gasteiger partial charge in [0.1, 0.15) is 0 Å². The van der Waals surface area contributed by atoms with E-state index in [0.29, 0.717) is 0 Å². The normalized spacial score (nSPS) is 18.7. The second-order valence-electron chi connectivity index (χ2n) is 4.00. The molecule has 0 atom stereocenters. The van der Waals surface area contributed by atoms with E-state index in [1.165, 1.54) is 32.6 Å². The minimum atomic E-state index is 1.00. The number of nitrogens with one attached hydrogen (secondary N) is 1. The Balaban J connectivity index is 1.99. The van der Waals surface area contributed by atoms with Crippen LogP contribution in [0.1, 0.15) is 6.42 Å². The molecule has 1 saturated heterocycles. The molecule has 0 spiro atoms. The van der Waals surface area contributed by atoms with Gasteiger partial charge < -0.3 is 15.1 Å². The molecule has 1 fully saturated rings. The SMILES string of the molecule is C=CCN(C)CCCN1CCNCC1. The van der Waals surface area contributed by atoms with Crippen LogP contribution < -0.4 is 5.32 Å². The highest BCUT2D eigenvalue weighted by molar-refractivity contribution is 4.72. The zero-order valence-electron chi connectivity index (χ0n) is 9.34. The van der Waals surface area contributed by atoms with Crippen LogP contribution in [0.2, 0.25) is 0 Å². The highest BCUT2D eigenvalue weighted by Gasteiger charge is 2.08. The Labute approximate surface area is 87.8 Å². The lowest BCUT2D eigenvalue weighted by Crippen LogP contribution is -2.44. The zero-order valence-corrected chi connectivity index (χ0v) is 9.34. The van der Waals surface area contributed by atoms with Crippen molar-refractivity contribution in [3.8, 4) is 0 Å². The summed E-state index contributed by atoms with van der Waals surface area (Å²) in [5, 5.41) is 3.37. The maximum absolute atomic E-state index is 3.74. The van der Waals surface area contributed by atoms with Crippen molar-refractivity contribution in [3.05, 3.63) is 12.7 Å². The van der Waals surface area contributed by atoms with Crippen molar-refractivity contribution in [1.82, 2.24) is 15.1 Å². The van der Waals surface area contributed by atoms with Gasteiger partial charge in [-0.2, -0.15) is 0 Å². The average molecular weight is 197 g/mol. The van der Waals surface area contributed by atoms with Crippen LogP contribution in [-0.4, -0.2) is 62.7 Å². The molecule has 0 aliphatic carbocycles. The lowest BCUT2D eigenvalue weighted by atomic mass is 10.3. The quantitative estimate of drug-likeness (QED) is 0.622. The molecule has 3 heteroatoms. The number of likely N-dealkylation sites (N-methyl/N-ethyl adjacent to an activating group) is 1. The molecule has 1 N–H and O–H groups in total. The largest absolute Gasteiger partial charge is 0.314 e. The summed E-state index contributed by atoms with van der Waals surface area (Å²) in [5.74, 6) is 0. The minimum absolute atomic E-state index is 1.00. The van der Waals surface area contributed by atoms with E-state index in [0.717, 1.165) is 19.6 Å². The molecule has 0 aromatic heterocycles. The molecular weight excluding hydrogens is 174 g/mol. The predicted molar refractivity (Wildman–Crippen MR) is 61.6 cm³/mol. The summed E-state index contributed by atoms with van der Waals surface area (Å²) in [5.41, 5.74) is 0. The molecule has 0 bridgehead atoms. The van der Waals surface area contributed by atoms with Crippen molar-refractivity contribution in [1.29, 1.82) is 0 Å². The van der Waals surface area contributed by atoms with Gasteiger partial charge in [0.15, 0.2) is 0 Å². The Morgan fingerprint density at radius 3 is 2.79 bits per heavy atom. The van der Waals surface area contributed by atoms with Crippen LogP contribution in [0.15, 0.2) is 12.7 Å². The molecule has 3 nitrogen and oxygen atoms in total. The van der Waals surface area contributed by atoms with Gasteiger partial charge in [0, 0.05) is 32.7 Å². The van der Waals surface area contributed by atoms with Crippen molar-refractivity contribution in [3.63, 3.8) is 0 Å². The summed E-state index contributed by atoms with van der Waals surface area (Å²) in [6.07, 6.45) is 3.23. The smallest absolute Gasteiger partial charge is 0.0157 e. The first kappa shape index (κ1) is 11.7. The molecule has 0 aromatic carbocycles. The van der Waals surface area contributed by atoms with E-state index in [9.17, 15) is 0 Å². The Kier molecular flexibility index (Phi) is 5.83. The van der Waals surface area contributed by atoms with Crippen LogP contribution in [0.3, 0.4) is 0 Å². The van der Waals surface area contributed by atoms with Crippen LogP contribution in [0, 0.1) is 0 Å². The summed E-state index contributed by atoms with van der Waals surface area (Å²) >= 11 is 0. The molecule has 0 saturated carbocycles. The van der Waals surface area contributed by atoms with Crippen LogP contribution in [0.4, 0.5) is 0 Å². The number of hydrogen-bond acceptors (Lipinski definition) is 3. The van der Waals surface area contributed by atoms with Gasteiger partial charge >= 0.3 is 0 Å². The van der Waals surface area contributed by atoms with E-state index in [1.54, 1.807) is 0 Å². The molecule has 0 aromatic rings. The Morgan fingerprint density at radius 1 is 1.43 bits per heavy atom. The molecule has 1 aliphatic heterocycles. The van der Waals surface area contributed by atoms with E-state index < -0.39 is 0 Å². The maximum atomic E-state index is 3.74. The Bertz CT molecular complexity index is 153. The van der Waals surface area contributed by atoms with E-state index in [2.05, 4.69) is 28.7 Å². The van der Waals surface area contributed by atoms with Gasteiger partial charge in [-0.3, -0.25) is 0 Å². The van der Waals surface area contributed by atoms with Gasteiger partial charge in [-0.15, -0.1) is 6.58 Å². The van der Waals surface area contributed by atoms with Crippen molar-refractivity contribution < 1.29 is 0 Å². The standard InChI is InChI=1S/C11H23N3/c1-3-7-13(2)8-4-9-14-10-5-12-6-11-14/h3,12H,1,4-11H2,2H3. The molecular formula is C11H23N3. The van der Waals surface area contributed by atoms with Crippen molar-refractivity contribution >= 4 is 0 Å². The van der Waals surface area contributed by atoms with Gasteiger partial charge in [0.05, 0.1) is 0 Å². The first-order valence-corrected chi connectivity index (χ1v) is 5.55. The van der Waals surface area contributed by atoms with E-state index in [4.69, 9.17) is 0 Å². The Morgan fingerprint density at radius 2 is 2.14 bits per heavy atom. The van der Waals surface area contributed by atoms with Gasteiger partial charge in [0.25, 0.3) is 0 Å². The average Bonchev–Trinajstić information content (AvgIpc) is 2.20. The van der Waals surface area contributed by atoms with E-state index >= 15 is 0 Å². The topological polar surface area (TPSA) is 18.5 Å². The lowest BCUT2D eigenvalue weighted by molar-refractivity contribution is 0.225. The molecule has 0 unspecified atom stereocenters. The molecule has 1 aliphatic rings. The third-order valence-electron chi connectivity index (χ3n) is 2.66. The summed E-state index contributed by atoms with van der Waals surface area (Å²) < 4.78 is 0. The predicted octanol–water partition coefficient (Wildman–Crippen LogP) is 0.400. The first-order chi connectivity index (χ1) is 6.83.